The highest BCUT2D eigenvalue weighted by Crippen LogP contribution is 2.22. The van der Waals surface area contributed by atoms with E-state index in [0.29, 0.717) is 12.6 Å². The Kier molecular flexibility index (Phi) is 5.29. The summed E-state index contributed by atoms with van der Waals surface area (Å²) in [5, 5.41) is 0. The zero-order valence-corrected chi connectivity index (χ0v) is 13.5. The second-order valence-electron chi connectivity index (χ2n) is 5.55. The van der Waals surface area contributed by atoms with Gasteiger partial charge in [-0.05, 0) is 43.9 Å². The van der Waals surface area contributed by atoms with Crippen LogP contribution in [0.25, 0.3) is 0 Å². The second kappa shape index (κ2) is 6.99. The van der Waals surface area contributed by atoms with Gasteiger partial charge in [-0.3, -0.25) is 4.99 Å². The van der Waals surface area contributed by atoms with Crippen molar-refractivity contribution in [1.82, 2.24) is 4.90 Å². The molecule has 1 aromatic carbocycles. The first kappa shape index (κ1) is 15.9. The molecular formula is C17H23ClN2O. The number of benzene rings is 1. The van der Waals surface area contributed by atoms with Gasteiger partial charge in [-0.2, -0.15) is 0 Å². The van der Waals surface area contributed by atoms with Gasteiger partial charge < -0.3 is 9.64 Å². The van der Waals surface area contributed by atoms with Crippen LogP contribution < -0.4 is 4.74 Å². The maximum atomic E-state index is 5.99. The molecule has 0 spiro atoms. The molecule has 0 N–H and O–H groups in total. The highest BCUT2D eigenvalue weighted by Gasteiger charge is 2.25. The quantitative estimate of drug-likeness (QED) is 0.795. The summed E-state index contributed by atoms with van der Waals surface area (Å²) in [6.45, 7) is 6.73. The standard InChI is InChI=1S/C17H22N2O.ClH/c1-13-6-5-9-16(14(13)2)20-12-17-18-10-11-19(17)15-7-3-4-8-15;/h3,5-7,9,15H,4,8,10-12H2,1-2H3;1H. The summed E-state index contributed by atoms with van der Waals surface area (Å²) >= 11 is 0. The number of halogens is 1. The summed E-state index contributed by atoms with van der Waals surface area (Å²) in [5.74, 6) is 2.07. The van der Waals surface area contributed by atoms with E-state index in [1.165, 1.54) is 24.0 Å². The molecule has 0 aromatic heterocycles. The van der Waals surface area contributed by atoms with E-state index in [0.717, 1.165) is 24.7 Å². The SMILES string of the molecule is Cc1cccc(OCC2=NCCN2C2C=CCC2)c1C.Cl. The topological polar surface area (TPSA) is 24.8 Å². The van der Waals surface area contributed by atoms with Gasteiger partial charge in [0.1, 0.15) is 18.2 Å². The number of amidine groups is 1. The first-order valence-corrected chi connectivity index (χ1v) is 7.41. The fraction of sp³-hybridized carbons (Fsp3) is 0.471. The number of nitrogens with zero attached hydrogens (tertiary/aromatic N) is 2. The molecule has 114 valence electrons. The Labute approximate surface area is 133 Å². The summed E-state index contributed by atoms with van der Waals surface area (Å²) in [4.78, 5) is 7.01. The predicted octanol–water partition coefficient (Wildman–Crippen LogP) is 3.54. The van der Waals surface area contributed by atoms with E-state index in [1.54, 1.807) is 0 Å². The van der Waals surface area contributed by atoms with Gasteiger partial charge in [0.25, 0.3) is 0 Å². The minimum Gasteiger partial charge on any atom is -0.485 e. The van der Waals surface area contributed by atoms with Gasteiger partial charge in [0.05, 0.1) is 6.54 Å². The summed E-state index contributed by atoms with van der Waals surface area (Å²) in [5.41, 5.74) is 2.49. The number of hydrogen-bond donors (Lipinski definition) is 0. The van der Waals surface area contributed by atoms with Crippen LogP contribution in [0.1, 0.15) is 24.0 Å². The zero-order valence-electron chi connectivity index (χ0n) is 12.7. The Bertz CT molecular complexity index is 554. The minimum absolute atomic E-state index is 0. The number of rotatable bonds is 4. The van der Waals surface area contributed by atoms with Crippen LogP contribution in [-0.2, 0) is 0 Å². The summed E-state index contributed by atoms with van der Waals surface area (Å²) in [6.07, 6.45) is 6.97. The van der Waals surface area contributed by atoms with E-state index in [2.05, 4.69) is 42.0 Å². The summed E-state index contributed by atoms with van der Waals surface area (Å²) < 4.78 is 5.99. The molecule has 3 rings (SSSR count). The molecule has 21 heavy (non-hydrogen) atoms. The van der Waals surface area contributed by atoms with Crippen molar-refractivity contribution in [3.8, 4) is 5.75 Å². The van der Waals surface area contributed by atoms with Crippen molar-refractivity contribution in [2.45, 2.75) is 32.7 Å². The molecule has 1 heterocycles. The monoisotopic (exact) mass is 306 g/mol. The lowest BCUT2D eigenvalue weighted by Gasteiger charge is -2.26. The minimum atomic E-state index is 0. The van der Waals surface area contributed by atoms with Crippen molar-refractivity contribution in [3.63, 3.8) is 0 Å². The molecule has 1 unspecified atom stereocenters. The highest BCUT2D eigenvalue weighted by molar-refractivity contribution is 5.86. The van der Waals surface area contributed by atoms with Crippen LogP contribution in [0.4, 0.5) is 0 Å². The van der Waals surface area contributed by atoms with E-state index in [9.17, 15) is 0 Å². The highest BCUT2D eigenvalue weighted by atomic mass is 35.5. The van der Waals surface area contributed by atoms with Gasteiger partial charge in [0.15, 0.2) is 0 Å². The molecular weight excluding hydrogens is 284 g/mol. The lowest BCUT2D eigenvalue weighted by Crippen LogP contribution is -2.38. The second-order valence-corrected chi connectivity index (χ2v) is 5.55. The van der Waals surface area contributed by atoms with Crippen LogP contribution in [0.5, 0.6) is 5.75 Å². The third-order valence-corrected chi connectivity index (χ3v) is 4.27. The van der Waals surface area contributed by atoms with Gasteiger partial charge in [-0.1, -0.05) is 24.3 Å². The van der Waals surface area contributed by atoms with E-state index < -0.39 is 0 Å². The lowest BCUT2D eigenvalue weighted by atomic mass is 10.1. The Morgan fingerprint density at radius 3 is 2.95 bits per heavy atom. The van der Waals surface area contributed by atoms with Crippen molar-refractivity contribution in [2.24, 2.45) is 4.99 Å². The van der Waals surface area contributed by atoms with E-state index >= 15 is 0 Å². The number of allylic oxidation sites excluding steroid dienone is 1. The number of aliphatic imine (C=N–C) groups is 1. The van der Waals surface area contributed by atoms with Crippen molar-refractivity contribution < 1.29 is 4.74 Å². The van der Waals surface area contributed by atoms with Crippen LogP contribution in [0.3, 0.4) is 0 Å². The summed E-state index contributed by atoms with van der Waals surface area (Å²) in [6, 6.07) is 6.73. The predicted molar refractivity (Wildman–Crippen MR) is 89.8 cm³/mol. The fourth-order valence-corrected chi connectivity index (χ4v) is 2.89. The summed E-state index contributed by atoms with van der Waals surface area (Å²) in [7, 11) is 0. The molecule has 4 heteroatoms. The van der Waals surface area contributed by atoms with Crippen LogP contribution >= 0.6 is 12.4 Å². The van der Waals surface area contributed by atoms with Crippen molar-refractivity contribution in [1.29, 1.82) is 0 Å². The van der Waals surface area contributed by atoms with Crippen molar-refractivity contribution >= 4 is 18.2 Å². The molecule has 1 aliphatic heterocycles. The third kappa shape index (κ3) is 3.41. The molecule has 0 amide bonds. The average Bonchev–Trinajstić information content (AvgIpc) is 3.10. The van der Waals surface area contributed by atoms with Crippen molar-refractivity contribution in [2.75, 3.05) is 19.7 Å². The largest absolute Gasteiger partial charge is 0.485 e. The Morgan fingerprint density at radius 1 is 1.33 bits per heavy atom. The van der Waals surface area contributed by atoms with E-state index in [4.69, 9.17) is 4.74 Å². The molecule has 0 saturated carbocycles. The van der Waals surface area contributed by atoms with E-state index in [-0.39, 0.29) is 12.4 Å². The fourth-order valence-electron chi connectivity index (χ4n) is 2.89. The molecule has 1 aromatic rings. The number of aryl methyl sites for hydroxylation is 1. The maximum Gasteiger partial charge on any atom is 0.145 e. The average molecular weight is 307 g/mol. The van der Waals surface area contributed by atoms with Crippen LogP contribution in [0.2, 0.25) is 0 Å². The lowest BCUT2D eigenvalue weighted by molar-refractivity contribution is 0.324. The normalized spacial score (nSPS) is 20.4. The molecule has 3 nitrogen and oxygen atoms in total. The van der Waals surface area contributed by atoms with Gasteiger partial charge in [0, 0.05) is 12.6 Å². The Hall–Kier alpha value is -1.48. The zero-order chi connectivity index (χ0) is 13.9. The Balaban J connectivity index is 0.00000161. The van der Waals surface area contributed by atoms with Crippen LogP contribution in [-0.4, -0.2) is 36.5 Å². The molecule has 0 radical (unpaired) electrons. The molecule has 2 aliphatic rings. The molecule has 0 saturated heterocycles. The maximum absolute atomic E-state index is 5.99. The molecule has 0 bridgehead atoms. The molecule has 0 fully saturated rings. The smallest absolute Gasteiger partial charge is 0.145 e. The van der Waals surface area contributed by atoms with Crippen LogP contribution in [0, 0.1) is 13.8 Å². The van der Waals surface area contributed by atoms with Gasteiger partial charge in [-0.15, -0.1) is 12.4 Å². The first-order valence-electron chi connectivity index (χ1n) is 7.41. The van der Waals surface area contributed by atoms with Gasteiger partial charge in [0.2, 0.25) is 0 Å². The van der Waals surface area contributed by atoms with E-state index in [1.807, 2.05) is 12.1 Å². The van der Waals surface area contributed by atoms with Crippen molar-refractivity contribution in [3.05, 3.63) is 41.5 Å². The molecule has 1 aliphatic carbocycles. The first-order chi connectivity index (χ1) is 9.75. The molecule has 1 atom stereocenters. The number of ether oxygens (including phenoxy) is 1. The van der Waals surface area contributed by atoms with Gasteiger partial charge in [-0.25, -0.2) is 0 Å². The van der Waals surface area contributed by atoms with Gasteiger partial charge >= 0.3 is 0 Å². The third-order valence-electron chi connectivity index (χ3n) is 4.27. The Morgan fingerprint density at radius 2 is 2.19 bits per heavy atom. The van der Waals surface area contributed by atoms with Crippen LogP contribution in [0.15, 0.2) is 35.3 Å². The number of hydrogen-bond acceptors (Lipinski definition) is 3.